The summed E-state index contributed by atoms with van der Waals surface area (Å²) in [6.07, 6.45) is 4.38. The van der Waals surface area contributed by atoms with Gasteiger partial charge >= 0.3 is 0 Å². The largest absolute Gasteiger partial charge is 0.454 e. The van der Waals surface area contributed by atoms with E-state index in [1.165, 1.54) is 11.1 Å². The third kappa shape index (κ3) is 11.7. The quantitative estimate of drug-likeness (QED) is 0.308. The highest BCUT2D eigenvalue weighted by molar-refractivity contribution is 5.86. The van der Waals surface area contributed by atoms with Crippen molar-refractivity contribution in [3.8, 4) is 11.5 Å². The standard InChI is InChI=1S/C19H30O5.3ClH.Si/c1-3-5-7-20-8-9-21-10-11-22-14-17-13-19-18(23-15-24-19)12-16(17)6-4-2;;;;/h12-13H,3-11,14-15H2,1-2H3;3*1H;. The zero-order chi connectivity index (χ0) is 17.0. The highest BCUT2D eigenvalue weighted by Crippen LogP contribution is 2.35. The molecule has 1 heterocycles. The van der Waals surface area contributed by atoms with E-state index in [4.69, 9.17) is 23.7 Å². The summed E-state index contributed by atoms with van der Waals surface area (Å²) in [5, 5.41) is 0. The van der Waals surface area contributed by atoms with E-state index in [1.54, 1.807) is 0 Å². The van der Waals surface area contributed by atoms with E-state index in [0.717, 1.165) is 43.8 Å². The number of benzene rings is 1. The summed E-state index contributed by atoms with van der Waals surface area (Å²) in [4.78, 5) is 0. The van der Waals surface area contributed by atoms with Crippen LogP contribution in [0.25, 0.3) is 0 Å². The fourth-order valence-corrected chi connectivity index (χ4v) is 2.53. The summed E-state index contributed by atoms with van der Waals surface area (Å²) >= 11 is 0. The second-order valence-electron chi connectivity index (χ2n) is 5.86. The summed E-state index contributed by atoms with van der Waals surface area (Å²) in [5.74, 6) is 1.66. The lowest BCUT2D eigenvalue weighted by Gasteiger charge is -2.11. The van der Waals surface area contributed by atoms with Gasteiger partial charge in [0, 0.05) is 17.6 Å². The molecule has 1 aliphatic rings. The molecule has 0 aliphatic carbocycles. The maximum atomic E-state index is 5.75. The van der Waals surface area contributed by atoms with Gasteiger partial charge in [0.25, 0.3) is 0 Å². The van der Waals surface area contributed by atoms with E-state index in [9.17, 15) is 0 Å². The third-order valence-corrected chi connectivity index (χ3v) is 3.86. The number of halogens is 3. The average Bonchev–Trinajstić information content (AvgIpc) is 3.04. The van der Waals surface area contributed by atoms with Crippen LogP contribution >= 0.6 is 37.2 Å². The molecule has 164 valence electrons. The van der Waals surface area contributed by atoms with Crippen LogP contribution in [0.15, 0.2) is 12.1 Å². The molecule has 0 amide bonds. The Bertz CT molecular complexity index is 495. The number of hydrogen-bond donors (Lipinski definition) is 0. The number of aryl methyl sites for hydroxylation is 1. The molecule has 0 spiro atoms. The first kappa shape index (κ1) is 32.5. The molecule has 1 aromatic carbocycles. The second kappa shape index (κ2) is 20.1. The molecule has 5 nitrogen and oxygen atoms in total. The predicted molar refractivity (Wildman–Crippen MR) is 120 cm³/mol. The zero-order valence-corrected chi connectivity index (χ0v) is 20.1. The van der Waals surface area contributed by atoms with Crippen molar-refractivity contribution in [2.24, 2.45) is 0 Å². The first-order valence-corrected chi connectivity index (χ1v) is 8.99. The van der Waals surface area contributed by atoms with Gasteiger partial charge < -0.3 is 23.7 Å². The van der Waals surface area contributed by atoms with Crippen LogP contribution in [0.2, 0.25) is 0 Å². The Hall–Kier alpha value is -0.213. The Labute approximate surface area is 192 Å². The van der Waals surface area contributed by atoms with Crippen LogP contribution < -0.4 is 9.47 Å². The van der Waals surface area contributed by atoms with Gasteiger partial charge in [-0.1, -0.05) is 26.7 Å². The van der Waals surface area contributed by atoms with Crippen molar-refractivity contribution in [3.05, 3.63) is 23.3 Å². The molecule has 1 aliphatic heterocycles. The van der Waals surface area contributed by atoms with E-state index in [0.29, 0.717) is 39.8 Å². The van der Waals surface area contributed by atoms with Crippen molar-refractivity contribution in [1.29, 1.82) is 0 Å². The molecular formula is C19H33Cl3O5Si. The van der Waals surface area contributed by atoms with Crippen molar-refractivity contribution in [2.45, 2.75) is 46.1 Å². The molecule has 0 N–H and O–H groups in total. The monoisotopic (exact) mass is 474 g/mol. The zero-order valence-electron chi connectivity index (χ0n) is 16.7. The minimum Gasteiger partial charge on any atom is -0.454 e. The summed E-state index contributed by atoms with van der Waals surface area (Å²) in [7, 11) is 0. The van der Waals surface area contributed by atoms with Gasteiger partial charge in [0.1, 0.15) is 0 Å². The van der Waals surface area contributed by atoms with Crippen LogP contribution in [0.3, 0.4) is 0 Å². The Kier molecular flexibility index (Phi) is 23.3. The Morgan fingerprint density at radius 2 is 1.29 bits per heavy atom. The fraction of sp³-hybridized carbons (Fsp3) is 0.684. The van der Waals surface area contributed by atoms with Crippen LogP contribution in [-0.2, 0) is 27.2 Å². The number of unbranched alkanes of at least 4 members (excludes halogenated alkanes) is 1. The van der Waals surface area contributed by atoms with Gasteiger partial charge in [-0.15, -0.1) is 37.2 Å². The number of hydrogen-bond acceptors (Lipinski definition) is 5. The first-order chi connectivity index (χ1) is 11.8. The molecule has 1 aromatic rings. The molecule has 0 fully saturated rings. The lowest BCUT2D eigenvalue weighted by molar-refractivity contribution is 0.0101. The minimum absolute atomic E-state index is 0. The highest BCUT2D eigenvalue weighted by atomic mass is 35.5. The topological polar surface area (TPSA) is 46.2 Å². The van der Waals surface area contributed by atoms with Crippen molar-refractivity contribution >= 4 is 48.2 Å². The van der Waals surface area contributed by atoms with Crippen LogP contribution in [0.1, 0.15) is 44.2 Å². The lowest BCUT2D eigenvalue weighted by Crippen LogP contribution is -2.10. The molecule has 0 bridgehead atoms. The van der Waals surface area contributed by atoms with Gasteiger partial charge in [0.15, 0.2) is 11.5 Å². The minimum atomic E-state index is 0. The first-order valence-electron chi connectivity index (χ1n) is 8.99. The normalized spacial score (nSPS) is 10.9. The van der Waals surface area contributed by atoms with E-state index in [2.05, 4.69) is 19.9 Å². The van der Waals surface area contributed by atoms with Crippen LogP contribution in [-0.4, -0.2) is 50.8 Å². The van der Waals surface area contributed by atoms with Crippen molar-refractivity contribution in [3.63, 3.8) is 0 Å². The van der Waals surface area contributed by atoms with E-state index < -0.39 is 0 Å². The fourth-order valence-electron chi connectivity index (χ4n) is 2.53. The molecule has 4 radical (unpaired) electrons. The van der Waals surface area contributed by atoms with Crippen LogP contribution in [0, 0.1) is 0 Å². The predicted octanol–water partition coefficient (Wildman–Crippen LogP) is 4.60. The number of ether oxygens (including phenoxy) is 5. The van der Waals surface area contributed by atoms with Gasteiger partial charge in [-0.25, -0.2) is 0 Å². The van der Waals surface area contributed by atoms with Gasteiger partial charge in [-0.3, -0.25) is 0 Å². The van der Waals surface area contributed by atoms with Crippen LogP contribution in [0.4, 0.5) is 0 Å². The van der Waals surface area contributed by atoms with Gasteiger partial charge in [0.05, 0.1) is 33.0 Å². The van der Waals surface area contributed by atoms with Crippen molar-refractivity contribution < 1.29 is 23.7 Å². The van der Waals surface area contributed by atoms with Gasteiger partial charge in [0.2, 0.25) is 6.79 Å². The molecular weight excluding hydrogens is 443 g/mol. The maximum absolute atomic E-state index is 5.75. The molecule has 0 unspecified atom stereocenters. The smallest absolute Gasteiger partial charge is 0.231 e. The Morgan fingerprint density at radius 3 is 1.86 bits per heavy atom. The lowest BCUT2D eigenvalue weighted by atomic mass is 10.0. The van der Waals surface area contributed by atoms with Gasteiger partial charge in [-0.2, -0.15) is 0 Å². The molecule has 0 saturated carbocycles. The van der Waals surface area contributed by atoms with E-state index >= 15 is 0 Å². The number of fused-ring (bicyclic) bond motifs is 1. The van der Waals surface area contributed by atoms with E-state index in [1.807, 2.05) is 6.07 Å². The second-order valence-corrected chi connectivity index (χ2v) is 5.86. The summed E-state index contributed by atoms with van der Waals surface area (Å²) in [6.45, 7) is 8.47. The third-order valence-electron chi connectivity index (χ3n) is 3.86. The summed E-state index contributed by atoms with van der Waals surface area (Å²) < 4.78 is 27.6. The number of rotatable bonds is 13. The van der Waals surface area contributed by atoms with Crippen LogP contribution in [0.5, 0.6) is 11.5 Å². The molecule has 9 heteroatoms. The summed E-state index contributed by atoms with van der Waals surface area (Å²) in [6, 6.07) is 4.12. The molecule has 0 saturated heterocycles. The molecule has 2 rings (SSSR count). The van der Waals surface area contributed by atoms with E-state index in [-0.39, 0.29) is 48.2 Å². The maximum Gasteiger partial charge on any atom is 0.231 e. The Balaban J connectivity index is -0.00000156. The SMILES string of the molecule is CCCCOCCOCCOCc1cc2c(cc1CCC)OCO2.Cl.Cl.Cl.[Si]. The highest BCUT2D eigenvalue weighted by Gasteiger charge is 2.16. The molecule has 28 heavy (non-hydrogen) atoms. The van der Waals surface area contributed by atoms with Crippen molar-refractivity contribution in [1.82, 2.24) is 0 Å². The summed E-state index contributed by atoms with van der Waals surface area (Å²) in [5.41, 5.74) is 2.44. The molecule has 0 atom stereocenters. The molecule has 0 aromatic heterocycles. The van der Waals surface area contributed by atoms with Gasteiger partial charge in [-0.05, 0) is 36.1 Å². The van der Waals surface area contributed by atoms with Crippen molar-refractivity contribution in [2.75, 3.05) is 39.8 Å². The average molecular weight is 476 g/mol. The Morgan fingerprint density at radius 1 is 0.750 bits per heavy atom.